The number of esters is 1. The van der Waals surface area contributed by atoms with Gasteiger partial charge in [-0.3, -0.25) is 10.1 Å². The van der Waals surface area contributed by atoms with Crippen molar-refractivity contribution >= 4 is 17.6 Å². The maximum atomic E-state index is 12.3. The van der Waals surface area contributed by atoms with E-state index in [1.54, 1.807) is 0 Å². The first-order chi connectivity index (χ1) is 12.8. The number of ether oxygens (including phenoxy) is 2. The highest BCUT2D eigenvalue weighted by Gasteiger charge is 2.44. The van der Waals surface area contributed by atoms with Crippen LogP contribution in [0.4, 0.5) is 0 Å². The van der Waals surface area contributed by atoms with Gasteiger partial charge in [0.2, 0.25) is 0 Å². The van der Waals surface area contributed by atoms with Gasteiger partial charge in [-0.05, 0) is 44.0 Å². The van der Waals surface area contributed by atoms with E-state index in [1.165, 1.54) is 0 Å². The summed E-state index contributed by atoms with van der Waals surface area (Å²) < 4.78 is 12.1. The molecule has 0 amide bonds. The van der Waals surface area contributed by atoms with E-state index in [4.69, 9.17) is 21.1 Å². The zero-order valence-corrected chi connectivity index (χ0v) is 16.8. The van der Waals surface area contributed by atoms with Crippen molar-refractivity contribution in [3.63, 3.8) is 0 Å². The van der Waals surface area contributed by atoms with E-state index in [0.717, 1.165) is 11.1 Å². The van der Waals surface area contributed by atoms with Crippen molar-refractivity contribution < 1.29 is 14.3 Å². The van der Waals surface area contributed by atoms with Gasteiger partial charge in [-0.15, -0.1) is 0 Å². The van der Waals surface area contributed by atoms with Gasteiger partial charge in [0, 0.05) is 18.0 Å². The number of hydrogen-bond donors (Lipinski definition) is 1. The Morgan fingerprint density at radius 3 is 2.44 bits per heavy atom. The van der Waals surface area contributed by atoms with Gasteiger partial charge < -0.3 is 9.47 Å². The van der Waals surface area contributed by atoms with Crippen LogP contribution >= 0.6 is 11.6 Å². The Kier molecular flexibility index (Phi) is 5.89. The molecule has 144 valence electrons. The second-order valence-electron chi connectivity index (χ2n) is 8.00. The third kappa shape index (κ3) is 4.89. The minimum atomic E-state index is -0.552. The molecule has 1 saturated heterocycles. The van der Waals surface area contributed by atoms with E-state index >= 15 is 0 Å². The Morgan fingerprint density at radius 1 is 1.15 bits per heavy atom. The highest BCUT2D eigenvalue weighted by Crippen LogP contribution is 2.36. The predicted octanol–water partition coefficient (Wildman–Crippen LogP) is 4.66. The van der Waals surface area contributed by atoms with Gasteiger partial charge in [0.25, 0.3) is 0 Å². The molecule has 1 heterocycles. The van der Waals surface area contributed by atoms with Crippen LogP contribution in [0.5, 0.6) is 0 Å². The third-order valence-corrected chi connectivity index (χ3v) is 4.97. The lowest BCUT2D eigenvalue weighted by molar-refractivity contribution is -0.160. The van der Waals surface area contributed by atoms with Crippen molar-refractivity contribution in [2.75, 3.05) is 6.54 Å². The van der Waals surface area contributed by atoms with Crippen LogP contribution in [-0.2, 0) is 26.5 Å². The average Bonchev–Trinajstić information content (AvgIpc) is 3.05. The molecule has 1 aliphatic rings. The van der Waals surface area contributed by atoms with Crippen LogP contribution in [0.25, 0.3) is 0 Å². The Bertz CT molecular complexity index is 770. The highest BCUT2D eigenvalue weighted by molar-refractivity contribution is 6.30. The van der Waals surface area contributed by atoms with Gasteiger partial charge in [0.05, 0.1) is 12.0 Å². The summed E-state index contributed by atoms with van der Waals surface area (Å²) in [5.41, 5.74) is 1.03. The molecule has 0 aromatic heterocycles. The number of hydrogen-bond acceptors (Lipinski definition) is 4. The second-order valence-corrected chi connectivity index (χ2v) is 8.44. The van der Waals surface area contributed by atoms with E-state index in [-0.39, 0.29) is 12.2 Å². The van der Waals surface area contributed by atoms with Gasteiger partial charge in [0.15, 0.2) is 6.23 Å². The Morgan fingerprint density at radius 2 is 1.81 bits per heavy atom. The van der Waals surface area contributed by atoms with Gasteiger partial charge >= 0.3 is 5.97 Å². The van der Waals surface area contributed by atoms with E-state index < -0.39 is 11.0 Å². The van der Waals surface area contributed by atoms with Crippen molar-refractivity contribution in [2.24, 2.45) is 5.41 Å². The number of carbonyl (C=O) groups excluding carboxylic acids is 1. The van der Waals surface area contributed by atoms with Crippen molar-refractivity contribution in [1.82, 2.24) is 5.32 Å². The fourth-order valence-electron chi connectivity index (χ4n) is 3.07. The van der Waals surface area contributed by atoms with E-state index in [9.17, 15) is 4.79 Å². The molecule has 3 rings (SSSR count). The SMILES string of the molecule is CC(C)(C)C(=O)OC1CC(OCc2ccc(Cl)cc2)(c2ccccc2)CN1. The standard InChI is InChI=1S/C22H26ClNO3/c1-21(2,3)20(25)27-19-13-22(15-24-19,17-7-5-4-6-8-17)26-14-16-9-11-18(23)12-10-16/h4-12,19,24H,13-15H2,1-3H3. The lowest BCUT2D eigenvalue weighted by Gasteiger charge is -2.30. The molecule has 0 bridgehead atoms. The monoisotopic (exact) mass is 387 g/mol. The molecule has 0 saturated carbocycles. The van der Waals surface area contributed by atoms with Crippen LogP contribution in [0.3, 0.4) is 0 Å². The molecule has 27 heavy (non-hydrogen) atoms. The molecule has 0 spiro atoms. The maximum absolute atomic E-state index is 12.3. The van der Waals surface area contributed by atoms with Crippen molar-refractivity contribution in [3.8, 4) is 0 Å². The minimum absolute atomic E-state index is 0.221. The van der Waals surface area contributed by atoms with Gasteiger partial charge in [-0.2, -0.15) is 0 Å². The summed E-state index contributed by atoms with van der Waals surface area (Å²) in [6.07, 6.45) is 0.189. The van der Waals surface area contributed by atoms with Crippen LogP contribution in [0.2, 0.25) is 5.02 Å². The summed E-state index contributed by atoms with van der Waals surface area (Å²) in [5.74, 6) is -0.221. The summed E-state index contributed by atoms with van der Waals surface area (Å²) in [7, 11) is 0. The molecule has 0 aliphatic carbocycles. The maximum Gasteiger partial charge on any atom is 0.312 e. The van der Waals surface area contributed by atoms with Gasteiger partial charge in [-0.25, -0.2) is 0 Å². The molecular weight excluding hydrogens is 362 g/mol. The molecule has 5 heteroatoms. The van der Waals surface area contributed by atoms with E-state index in [0.29, 0.717) is 24.6 Å². The average molecular weight is 388 g/mol. The van der Waals surface area contributed by atoms with E-state index in [1.807, 2.05) is 63.2 Å². The molecule has 2 atom stereocenters. The Hall–Kier alpha value is -1.88. The summed E-state index contributed by atoms with van der Waals surface area (Å²) in [6.45, 7) is 6.59. The van der Waals surface area contributed by atoms with Crippen molar-refractivity contribution in [3.05, 3.63) is 70.7 Å². The fourth-order valence-corrected chi connectivity index (χ4v) is 3.20. The number of halogens is 1. The lowest BCUT2D eigenvalue weighted by atomic mass is 9.92. The Balaban J connectivity index is 1.76. The molecule has 4 nitrogen and oxygen atoms in total. The first-order valence-corrected chi connectivity index (χ1v) is 9.55. The second kappa shape index (κ2) is 8.01. The quantitative estimate of drug-likeness (QED) is 0.758. The zero-order chi connectivity index (χ0) is 19.5. The summed E-state index contributed by atoms with van der Waals surface area (Å²) in [4.78, 5) is 12.3. The van der Waals surface area contributed by atoms with E-state index in [2.05, 4.69) is 17.4 Å². The number of benzene rings is 2. The molecule has 2 aromatic carbocycles. The molecule has 2 unspecified atom stereocenters. The van der Waals surface area contributed by atoms with Crippen LogP contribution in [0.1, 0.15) is 38.3 Å². The first kappa shape index (κ1) is 19.9. The lowest BCUT2D eigenvalue weighted by Crippen LogP contribution is -2.33. The molecule has 1 N–H and O–H groups in total. The van der Waals surface area contributed by atoms with Crippen molar-refractivity contribution in [1.29, 1.82) is 0 Å². The third-order valence-electron chi connectivity index (χ3n) is 4.72. The topological polar surface area (TPSA) is 47.6 Å². The highest BCUT2D eigenvalue weighted by atomic mass is 35.5. The van der Waals surface area contributed by atoms with Crippen LogP contribution in [-0.4, -0.2) is 18.7 Å². The number of rotatable bonds is 5. The van der Waals surface area contributed by atoms with Gasteiger partial charge in [-0.1, -0.05) is 54.1 Å². The number of carbonyl (C=O) groups is 1. The van der Waals surface area contributed by atoms with Crippen LogP contribution in [0, 0.1) is 5.41 Å². The summed E-state index contributed by atoms with van der Waals surface area (Å²) >= 11 is 5.97. The van der Waals surface area contributed by atoms with Crippen LogP contribution < -0.4 is 5.32 Å². The minimum Gasteiger partial charge on any atom is -0.446 e. The number of nitrogens with one attached hydrogen (secondary N) is 1. The van der Waals surface area contributed by atoms with Crippen LogP contribution in [0.15, 0.2) is 54.6 Å². The molecule has 0 radical (unpaired) electrons. The van der Waals surface area contributed by atoms with Crippen molar-refractivity contribution in [2.45, 2.75) is 45.6 Å². The fraction of sp³-hybridized carbons (Fsp3) is 0.409. The smallest absolute Gasteiger partial charge is 0.312 e. The first-order valence-electron chi connectivity index (χ1n) is 9.17. The normalized spacial score (nSPS) is 22.6. The largest absolute Gasteiger partial charge is 0.446 e. The Labute approximate surface area is 165 Å². The molecule has 2 aromatic rings. The van der Waals surface area contributed by atoms with Gasteiger partial charge in [0.1, 0.15) is 5.60 Å². The molecule has 1 aliphatic heterocycles. The summed E-state index contributed by atoms with van der Waals surface area (Å²) in [5, 5.41) is 4.01. The molecule has 1 fully saturated rings. The predicted molar refractivity (Wildman–Crippen MR) is 106 cm³/mol. The molecular formula is C22H26ClNO3. The summed E-state index contributed by atoms with van der Waals surface area (Å²) in [6, 6.07) is 17.7. The zero-order valence-electron chi connectivity index (χ0n) is 16.0.